The Morgan fingerprint density at radius 3 is 2.88 bits per heavy atom. The van der Waals surface area contributed by atoms with E-state index in [0.717, 1.165) is 15.6 Å². The van der Waals surface area contributed by atoms with Gasteiger partial charge in [-0.25, -0.2) is 4.79 Å². The van der Waals surface area contributed by atoms with E-state index in [1.165, 1.54) is 6.08 Å². The summed E-state index contributed by atoms with van der Waals surface area (Å²) in [5.41, 5.74) is 8.09. The fourth-order valence-corrected chi connectivity index (χ4v) is 1.67. The van der Waals surface area contributed by atoms with Crippen molar-refractivity contribution in [3.63, 3.8) is 0 Å². The van der Waals surface area contributed by atoms with Gasteiger partial charge in [0.15, 0.2) is 0 Å². The van der Waals surface area contributed by atoms with Crippen LogP contribution < -0.4 is 5.73 Å². The summed E-state index contributed by atoms with van der Waals surface area (Å²) in [6.07, 6.45) is 1.45. The lowest BCUT2D eigenvalue weighted by Gasteiger charge is -2.06. The number of allylic oxidation sites excluding steroid dienone is 1. The number of carbonyl (C=O) groups excluding carboxylic acids is 1. The minimum Gasteiger partial charge on any atom is -0.463 e. The lowest BCUT2D eigenvalue weighted by molar-refractivity contribution is -0.137. The molecule has 0 saturated carbocycles. The van der Waals surface area contributed by atoms with Crippen molar-refractivity contribution < 1.29 is 9.53 Å². The maximum Gasteiger partial charge on any atom is 0.331 e. The van der Waals surface area contributed by atoms with E-state index in [2.05, 4.69) is 15.9 Å². The van der Waals surface area contributed by atoms with Crippen LogP contribution in [0.4, 0.5) is 5.69 Å². The van der Waals surface area contributed by atoms with Crippen LogP contribution in [0.1, 0.15) is 19.4 Å². The van der Waals surface area contributed by atoms with Crippen LogP contribution in [0.2, 0.25) is 0 Å². The van der Waals surface area contributed by atoms with E-state index in [-0.39, 0.29) is 5.97 Å². The van der Waals surface area contributed by atoms with E-state index in [9.17, 15) is 4.79 Å². The zero-order valence-corrected chi connectivity index (χ0v) is 10.9. The molecule has 0 spiro atoms. The normalized spacial score (nSPS) is 11.3. The molecule has 1 aromatic rings. The predicted molar refractivity (Wildman–Crippen MR) is 68.8 cm³/mol. The molecule has 0 unspecified atom stereocenters. The summed E-state index contributed by atoms with van der Waals surface area (Å²) in [7, 11) is 0. The summed E-state index contributed by atoms with van der Waals surface area (Å²) in [5.74, 6) is -0.348. The van der Waals surface area contributed by atoms with Crippen LogP contribution in [-0.2, 0) is 9.53 Å². The van der Waals surface area contributed by atoms with Gasteiger partial charge in [0.25, 0.3) is 0 Å². The van der Waals surface area contributed by atoms with Crippen LogP contribution in [0.15, 0.2) is 28.7 Å². The molecule has 0 bridgehead atoms. The van der Waals surface area contributed by atoms with Gasteiger partial charge in [0.2, 0.25) is 0 Å². The topological polar surface area (TPSA) is 52.3 Å². The number of halogens is 1. The lowest BCUT2D eigenvalue weighted by atomic mass is 10.1. The molecule has 16 heavy (non-hydrogen) atoms. The average Bonchev–Trinajstić information content (AvgIpc) is 2.21. The number of esters is 1. The first-order valence-electron chi connectivity index (χ1n) is 4.95. The molecule has 0 aromatic heterocycles. The van der Waals surface area contributed by atoms with Crippen molar-refractivity contribution >= 4 is 33.2 Å². The van der Waals surface area contributed by atoms with Gasteiger partial charge in [0, 0.05) is 21.8 Å². The van der Waals surface area contributed by atoms with Gasteiger partial charge < -0.3 is 10.5 Å². The lowest BCUT2D eigenvalue weighted by Crippen LogP contribution is -2.01. The molecule has 0 fully saturated rings. The van der Waals surface area contributed by atoms with E-state index in [4.69, 9.17) is 10.5 Å². The van der Waals surface area contributed by atoms with Crippen molar-refractivity contribution in [2.45, 2.75) is 13.8 Å². The first kappa shape index (κ1) is 12.8. The molecule has 4 heteroatoms. The number of nitrogens with two attached hydrogens (primary N) is 1. The molecule has 2 N–H and O–H groups in total. The van der Waals surface area contributed by atoms with Gasteiger partial charge in [0.05, 0.1) is 6.61 Å². The van der Waals surface area contributed by atoms with Gasteiger partial charge in [-0.1, -0.05) is 15.9 Å². The molecule has 0 aliphatic heterocycles. The summed E-state index contributed by atoms with van der Waals surface area (Å²) in [6.45, 7) is 3.97. The van der Waals surface area contributed by atoms with E-state index in [0.29, 0.717) is 12.3 Å². The minimum atomic E-state index is -0.348. The average molecular weight is 284 g/mol. The fourth-order valence-electron chi connectivity index (χ4n) is 1.31. The fraction of sp³-hybridized carbons (Fsp3) is 0.250. The third-order valence-corrected chi connectivity index (χ3v) is 2.55. The molecule has 0 aliphatic rings. The summed E-state index contributed by atoms with van der Waals surface area (Å²) in [6, 6.07) is 5.53. The highest BCUT2D eigenvalue weighted by Crippen LogP contribution is 2.25. The van der Waals surface area contributed by atoms with Gasteiger partial charge in [-0.15, -0.1) is 0 Å². The summed E-state index contributed by atoms with van der Waals surface area (Å²) < 4.78 is 5.76. The summed E-state index contributed by atoms with van der Waals surface area (Å²) in [5, 5.41) is 0. The summed E-state index contributed by atoms with van der Waals surface area (Å²) in [4.78, 5) is 11.3. The number of nitrogen functional groups attached to an aromatic ring is 1. The molecule has 3 nitrogen and oxygen atoms in total. The molecule has 0 radical (unpaired) electrons. The molecule has 0 amide bonds. The molecule has 1 aromatic carbocycles. The zero-order valence-electron chi connectivity index (χ0n) is 9.29. The Morgan fingerprint density at radius 2 is 2.25 bits per heavy atom. The highest BCUT2D eigenvalue weighted by Gasteiger charge is 2.05. The van der Waals surface area contributed by atoms with Crippen LogP contribution in [0, 0.1) is 0 Å². The second kappa shape index (κ2) is 5.70. The number of ether oxygens (including phenoxy) is 1. The molecule has 0 aliphatic carbocycles. The van der Waals surface area contributed by atoms with E-state index in [1.54, 1.807) is 13.0 Å². The van der Waals surface area contributed by atoms with Crippen molar-refractivity contribution in [2.75, 3.05) is 12.3 Å². The van der Waals surface area contributed by atoms with Gasteiger partial charge in [-0.05, 0) is 37.6 Å². The van der Waals surface area contributed by atoms with Crippen molar-refractivity contribution in [1.82, 2.24) is 0 Å². The van der Waals surface area contributed by atoms with Crippen molar-refractivity contribution in [3.8, 4) is 0 Å². The Balaban J connectivity index is 2.99. The molecule has 86 valence electrons. The monoisotopic (exact) mass is 283 g/mol. The van der Waals surface area contributed by atoms with Crippen LogP contribution >= 0.6 is 15.9 Å². The second-order valence-corrected chi connectivity index (χ2v) is 4.23. The molecule has 0 heterocycles. The standard InChI is InChI=1S/C12H14BrNO2/c1-3-16-12(15)6-8(2)10-7-9(13)4-5-11(10)14/h4-7H,3,14H2,1-2H3/b8-6-. The Bertz CT molecular complexity index is 427. The smallest absolute Gasteiger partial charge is 0.331 e. The van der Waals surface area contributed by atoms with E-state index in [1.807, 2.05) is 19.1 Å². The third-order valence-electron chi connectivity index (χ3n) is 2.06. The van der Waals surface area contributed by atoms with E-state index >= 15 is 0 Å². The Kier molecular flexibility index (Phi) is 4.55. The van der Waals surface area contributed by atoms with Crippen molar-refractivity contribution in [1.29, 1.82) is 0 Å². The number of hydrogen-bond donors (Lipinski definition) is 1. The van der Waals surface area contributed by atoms with Gasteiger partial charge in [-0.3, -0.25) is 0 Å². The summed E-state index contributed by atoms with van der Waals surface area (Å²) >= 11 is 3.36. The highest BCUT2D eigenvalue weighted by atomic mass is 79.9. The quantitative estimate of drug-likeness (QED) is 0.527. The minimum absolute atomic E-state index is 0.348. The molecular weight excluding hydrogens is 270 g/mol. The maximum atomic E-state index is 11.3. The Morgan fingerprint density at radius 1 is 1.56 bits per heavy atom. The maximum absolute atomic E-state index is 11.3. The van der Waals surface area contributed by atoms with Gasteiger partial charge >= 0.3 is 5.97 Å². The Hall–Kier alpha value is -1.29. The number of benzene rings is 1. The number of carbonyl (C=O) groups is 1. The SMILES string of the molecule is CCOC(=O)/C=C(/C)c1cc(Br)ccc1N. The number of hydrogen-bond acceptors (Lipinski definition) is 3. The number of anilines is 1. The van der Waals surface area contributed by atoms with Gasteiger partial charge in [-0.2, -0.15) is 0 Å². The molecular formula is C12H14BrNO2. The first-order chi connectivity index (χ1) is 7.54. The molecule has 1 rings (SSSR count). The second-order valence-electron chi connectivity index (χ2n) is 3.31. The third kappa shape index (κ3) is 3.38. The van der Waals surface area contributed by atoms with Crippen molar-refractivity contribution in [2.24, 2.45) is 0 Å². The molecule has 0 atom stereocenters. The predicted octanol–water partition coefficient (Wildman–Crippen LogP) is 3.00. The Labute approximate surface area is 103 Å². The highest BCUT2D eigenvalue weighted by molar-refractivity contribution is 9.10. The molecule has 0 saturated heterocycles. The van der Waals surface area contributed by atoms with Gasteiger partial charge in [0.1, 0.15) is 0 Å². The first-order valence-corrected chi connectivity index (χ1v) is 5.74. The van der Waals surface area contributed by atoms with Crippen LogP contribution in [-0.4, -0.2) is 12.6 Å². The zero-order chi connectivity index (χ0) is 12.1. The van der Waals surface area contributed by atoms with Crippen molar-refractivity contribution in [3.05, 3.63) is 34.3 Å². The van der Waals surface area contributed by atoms with Crippen LogP contribution in [0.3, 0.4) is 0 Å². The van der Waals surface area contributed by atoms with Crippen LogP contribution in [0.25, 0.3) is 5.57 Å². The van der Waals surface area contributed by atoms with Crippen LogP contribution in [0.5, 0.6) is 0 Å². The number of rotatable bonds is 3. The largest absolute Gasteiger partial charge is 0.463 e. The van der Waals surface area contributed by atoms with E-state index < -0.39 is 0 Å².